The topological polar surface area (TPSA) is 60.3 Å². The number of thiazole rings is 1. The Morgan fingerprint density at radius 1 is 1.42 bits per heavy atom. The van der Waals surface area contributed by atoms with E-state index in [1.807, 2.05) is 29.7 Å². The zero-order valence-corrected chi connectivity index (χ0v) is 16.5. The van der Waals surface area contributed by atoms with E-state index in [9.17, 15) is 4.79 Å². The van der Waals surface area contributed by atoms with E-state index in [0.29, 0.717) is 6.54 Å². The number of anilines is 1. The predicted octanol–water partition coefficient (Wildman–Crippen LogP) is 3.20. The van der Waals surface area contributed by atoms with Gasteiger partial charge in [0.1, 0.15) is 0 Å². The fraction of sp³-hybridized carbons (Fsp3) is 0.632. The van der Waals surface area contributed by atoms with Crippen LogP contribution < -0.4 is 4.90 Å². The van der Waals surface area contributed by atoms with Crippen LogP contribution in [0.15, 0.2) is 6.20 Å². The van der Waals surface area contributed by atoms with Gasteiger partial charge in [-0.25, -0.2) is 4.98 Å². The minimum Gasteiger partial charge on any atom is -0.381 e. The number of methoxy groups -OCH3 is 1. The summed E-state index contributed by atoms with van der Waals surface area (Å²) in [4.78, 5) is 21.2. The SMILES string of the molecule is CCN(C(=O)C1CCCC(OC)C1)c1nc2c(s1)CCc1c-2cnn1C. The first-order valence-electron chi connectivity index (χ1n) is 9.47. The molecule has 0 N–H and O–H groups in total. The largest absolute Gasteiger partial charge is 0.381 e. The highest BCUT2D eigenvalue weighted by Crippen LogP contribution is 2.40. The van der Waals surface area contributed by atoms with Gasteiger partial charge in [0.15, 0.2) is 5.13 Å². The zero-order valence-electron chi connectivity index (χ0n) is 15.7. The van der Waals surface area contributed by atoms with E-state index >= 15 is 0 Å². The molecule has 0 spiro atoms. The maximum Gasteiger partial charge on any atom is 0.231 e. The quantitative estimate of drug-likeness (QED) is 0.825. The van der Waals surface area contributed by atoms with Crippen LogP contribution in [0.2, 0.25) is 0 Å². The fourth-order valence-electron chi connectivity index (χ4n) is 4.21. The smallest absolute Gasteiger partial charge is 0.231 e. The molecule has 140 valence electrons. The van der Waals surface area contributed by atoms with Crippen molar-refractivity contribution < 1.29 is 9.53 Å². The molecule has 2 aliphatic carbocycles. The number of rotatable bonds is 4. The molecule has 2 heterocycles. The number of hydrogen-bond acceptors (Lipinski definition) is 5. The van der Waals surface area contributed by atoms with Gasteiger partial charge < -0.3 is 4.74 Å². The van der Waals surface area contributed by atoms with E-state index in [2.05, 4.69) is 5.10 Å². The van der Waals surface area contributed by atoms with E-state index in [4.69, 9.17) is 9.72 Å². The highest BCUT2D eigenvalue weighted by atomic mass is 32.1. The van der Waals surface area contributed by atoms with Crippen LogP contribution in [0.1, 0.15) is 43.2 Å². The van der Waals surface area contributed by atoms with Crippen molar-refractivity contribution in [2.75, 3.05) is 18.6 Å². The highest BCUT2D eigenvalue weighted by Gasteiger charge is 2.33. The lowest BCUT2D eigenvalue weighted by atomic mass is 9.86. The van der Waals surface area contributed by atoms with Crippen LogP contribution in [-0.2, 0) is 29.4 Å². The van der Waals surface area contributed by atoms with E-state index in [1.54, 1.807) is 18.4 Å². The Morgan fingerprint density at radius 3 is 3.04 bits per heavy atom. The standard InChI is InChI=1S/C19H26N4O2S/c1-4-23(18(24)12-6-5-7-13(10-12)25-3)19-21-17-14-11-20-22(2)15(14)8-9-16(17)26-19/h11-13H,4-10H2,1-3H3. The van der Waals surface area contributed by atoms with Gasteiger partial charge in [-0.05, 0) is 39.0 Å². The van der Waals surface area contributed by atoms with Gasteiger partial charge in [0.25, 0.3) is 0 Å². The Labute approximate surface area is 158 Å². The second-order valence-corrected chi connectivity index (χ2v) is 8.26. The van der Waals surface area contributed by atoms with Crippen molar-refractivity contribution in [3.05, 3.63) is 16.8 Å². The minimum atomic E-state index is 0.0449. The monoisotopic (exact) mass is 374 g/mol. The van der Waals surface area contributed by atoms with Crippen molar-refractivity contribution in [3.8, 4) is 11.3 Å². The van der Waals surface area contributed by atoms with Crippen LogP contribution in [0.4, 0.5) is 5.13 Å². The molecule has 4 rings (SSSR count). The summed E-state index contributed by atoms with van der Waals surface area (Å²) >= 11 is 1.67. The molecule has 2 unspecified atom stereocenters. The maximum atomic E-state index is 13.2. The number of hydrogen-bond donors (Lipinski definition) is 0. The number of carbonyl (C=O) groups is 1. The average molecular weight is 375 g/mol. The highest BCUT2D eigenvalue weighted by molar-refractivity contribution is 7.16. The predicted molar refractivity (Wildman–Crippen MR) is 103 cm³/mol. The summed E-state index contributed by atoms with van der Waals surface area (Å²) in [5.74, 6) is 0.246. The first-order valence-corrected chi connectivity index (χ1v) is 10.3. The number of carbonyl (C=O) groups excluding carboxylic acids is 1. The van der Waals surface area contributed by atoms with Crippen LogP contribution in [0.3, 0.4) is 0 Å². The van der Waals surface area contributed by atoms with E-state index < -0.39 is 0 Å². The van der Waals surface area contributed by atoms with Gasteiger partial charge in [-0.2, -0.15) is 5.10 Å². The van der Waals surface area contributed by atoms with E-state index in [1.165, 1.54) is 10.6 Å². The molecule has 2 aromatic rings. The molecule has 1 fully saturated rings. The number of ether oxygens (including phenoxy) is 1. The van der Waals surface area contributed by atoms with Crippen molar-refractivity contribution in [2.45, 2.75) is 51.6 Å². The summed E-state index contributed by atoms with van der Waals surface area (Å²) in [5, 5.41) is 5.22. The number of aromatic nitrogens is 3. The molecule has 2 aliphatic rings. The molecular formula is C19H26N4O2S. The van der Waals surface area contributed by atoms with Crippen molar-refractivity contribution >= 4 is 22.4 Å². The molecule has 7 heteroatoms. The Balaban J connectivity index is 1.60. The minimum absolute atomic E-state index is 0.0449. The van der Waals surface area contributed by atoms with E-state index in [-0.39, 0.29) is 17.9 Å². The Morgan fingerprint density at radius 2 is 2.27 bits per heavy atom. The Bertz CT molecular complexity index is 813. The Hall–Kier alpha value is -1.73. The molecule has 0 radical (unpaired) electrons. The summed E-state index contributed by atoms with van der Waals surface area (Å²) in [6.45, 7) is 2.68. The third-order valence-corrected chi connectivity index (χ3v) is 6.85. The van der Waals surface area contributed by atoms with Gasteiger partial charge in [0, 0.05) is 42.8 Å². The summed E-state index contributed by atoms with van der Waals surface area (Å²) in [7, 11) is 3.73. The fourth-order valence-corrected chi connectivity index (χ4v) is 5.36. The molecule has 1 saturated carbocycles. The van der Waals surface area contributed by atoms with Gasteiger partial charge in [-0.1, -0.05) is 6.42 Å². The lowest BCUT2D eigenvalue weighted by molar-refractivity contribution is -0.124. The van der Waals surface area contributed by atoms with Gasteiger partial charge in [-0.15, -0.1) is 11.3 Å². The molecule has 0 aliphatic heterocycles. The van der Waals surface area contributed by atoms with Gasteiger partial charge in [0.05, 0.1) is 18.0 Å². The van der Waals surface area contributed by atoms with Crippen LogP contribution >= 0.6 is 11.3 Å². The molecule has 6 nitrogen and oxygen atoms in total. The summed E-state index contributed by atoms with van der Waals surface area (Å²) < 4.78 is 7.44. The van der Waals surface area contributed by atoms with Crippen LogP contribution in [0.5, 0.6) is 0 Å². The van der Waals surface area contributed by atoms with Gasteiger partial charge in [-0.3, -0.25) is 14.4 Å². The lowest BCUT2D eigenvalue weighted by Crippen LogP contribution is -2.39. The molecule has 2 atom stereocenters. The maximum absolute atomic E-state index is 13.2. The van der Waals surface area contributed by atoms with Crippen molar-refractivity contribution in [1.29, 1.82) is 0 Å². The normalized spacial score (nSPS) is 22.0. The third kappa shape index (κ3) is 2.97. The van der Waals surface area contributed by atoms with Crippen LogP contribution in [-0.4, -0.2) is 40.4 Å². The third-order valence-electron chi connectivity index (χ3n) is 5.71. The lowest BCUT2D eigenvalue weighted by Gasteiger charge is -2.30. The Kier molecular flexibility index (Phi) is 4.84. The number of aryl methyl sites for hydroxylation is 2. The molecule has 0 aromatic carbocycles. The van der Waals surface area contributed by atoms with E-state index in [0.717, 1.165) is 54.9 Å². The zero-order chi connectivity index (χ0) is 18.3. The second-order valence-electron chi connectivity index (χ2n) is 7.20. The summed E-state index contributed by atoms with van der Waals surface area (Å²) in [5.41, 5.74) is 3.37. The first-order chi connectivity index (χ1) is 12.6. The molecular weight excluding hydrogens is 348 g/mol. The van der Waals surface area contributed by atoms with Crippen molar-refractivity contribution in [1.82, 2.24) is 14.8 Å². The van der Waals surface area contributed by atoms with Crippen LogP contribution in [0, 0.1) is 5.92 Å². The van der Waals surface area contributed by atoms with Gasteiger partial charge >= 0.3 is 0 Å². The second kappa shape index (κ2) is 7.12. The number of nitrogens with zero attached hydrogens (tertiary/aromatic N) is 4. The van der Waals surface area contributed by atoms with Crippen LogP contribution in [0.25, 0.3) is 11.3 Å². The molecule has 1 amide bonds. The summed E-state index contributed by atoms with van der Waals surface area (Å²) in [6.07, 6.45) is 7.95. The summed E-state index contributed by atoms with van der Waals surface area (Å²) in [6, 6.07) is 0. The van der Waals surface area contributed by atoms with Crippen molar-refractivity contribution in [3.63, 3.8) is 0 Å². The molecule has 26 heavy (non-hydrogen) atoms. The molecule has 2 aromatic heterocycles. The molecule has 0 bridgehead atoms. The van der Waals surface area contributed by atoms with Crippen molar-refractivity contribution in [2.24, 2.45) is 13.0 Å². The first kappa shape index (κ1) is 17.7. The van der Waals surface area contributed by atoms with Gasteiger partial charge in [0.2, 0.25) is 5.91 Å². The number of fused-ring (bicyclic) bond motifs is 3. The average Bonchev–Trinajstić information content (AvgIpc) is 3.26. The number of amides is 1. The molecule has 0 saturated heterocycles.